The molecule has 1 N–H and O–H groups in total. The second kappa shape index (κ2) is 11.2. The first-order valence-corrected chi connectivity index (χ1v) is 13.4. The Morgan fingerprint density at radius 3 is 2.43 bits per heavy atom. The van der Waals surface area contributed by atoms with Gasteiger partial charge in [0.1, 0.15) is 12.6 Å². The van der Waals surface area contributed by atoms with Crippen molar-refractivity contribution in [2.24, 2.45) is 0 Å². The quantitative estimate of drug-likeness (QED) is 0.513. The fraction of sp³-hybridized carbons (Fsp3) is 0.417. The molecule has 2 aromatic rings. The molecule has 0 saturated heterocycles. The van der Waals surface area contributed by atoms with Gasteiger partial charge in [0.15, 0.2) is 11.5 Å². The predicted octanol–water partition coefficient (Wildman–Crippen LogP) is 3.17. The van der Waals surface area contributed by atoms with E-state index in [1.165, 1.54) is 11.0 Å². The van der Waals surface area contributed by atoms with Gasteiger partial charge in [-0.25, -0.2) is 8.42 Å². The zero-order valence-electron chi connectivity index (χ0n) is 20.2. The van der Waals surface area contributed by atoms with E-state index in [0.717, 1.165) is 10.6 Å². The molecule has 1 unspecified atom stereocenters. The summed E-state index contributed by atoms with van der Waals surface area (Å²) in [6.07, 6.45) is 1.35. The summed E-state index contributed by atoms with van der Waals surface area (Å²) in [5, 5.41) is 3.29. The van der Waals surface area contributed by atoms with Crippen molar-refractivity contribution in [3.63, 3.8) is 0 Å². The van der Waals surface area contributed by atoms with Crippen LogP contribution < -0.4 is 19.1 Å². The number of amides is 2. The van der Waals surface area contributed by atoms with Crippen LogP contribution in [0.1, 0.15) is 32.8 Å². The van der Waals surface area contributed by atoms with Gasteiger partial charge in [0.2, 0.25) is 28.6 Å². The third-order valence-corrected chi connectivity index (χ3v) is 6.95. The van der Waals surface area contributed by atoms with E-state index in [1.54, 1.807) is 43.3 Å². The van der Waals surface area contributed by atoms with E-state index in [-0.39, 0.29) is 31.0 Å². The highest BCUT2D eigenvalue weighted by molar-refractivity contribution is 7.92. The number of anilines is 1. The number of halogens is 1. The number of carbonyl (C=O) groups is 2. The van der Waals surface area contributed by atoms with Crippen molar-refractivity contribution in [3.05, 3.63) is 53.1 Å². The van der Waals surface area contributed by atoms with Gasteiger partial charge in [0.25, 0.3) is 0 Å². The van der Waals surface area contributed by atoms with Gasteiger partial charge in [-0.1, -0.05) is 36.7 Å². The van der Waals surface area contributed by atoms with E-state index in [2.05, 4.69) is 5.32 Å². The van der Waals surface area contributed by atoms with Crippen LogP contribution in [0.4, 0.5) is 5.69 Å². The largest absolute Gasteiger partial charge is 0.454 e. The van der Waals surface area contributed by atoms with Gasteiger partial charge in [-0.2, -0.15) is 0 Å². The van der Waals surface area contributed by atoms with Crippen LogP contribution in [-0.4, -0.2) is 56.8 Å². The van der Waals surface area contributed by atoms with Crippen molar-refractivity contribution in [2.75, 3.05) is 23.9 Å². The Kier molecular flexibility index (Phi) is 8.50. The van der Waals surface area contributed by atoms with E-state index >= 15 is 0 Å². The summed E-state index contributed by atoms with van der Waals surface area (Å²) in [7, 11) is -3.85. The van der Waals surface area contributed by atoms with Crippen LogP contribution in [0.3, 0.4) is 0 Å². The number of rotatable bonds is 10. The first kappa shape index (κ1) is 26.6. The maximum Gasteiger partial charge on any atom is 0.244 e. The smallest absolute Gasteiger partial charge is 0.244 e. The van der Waals surface area contributed by atoms with Crippen LogP contribution in [0.15, 0.2) is 42.5 Å². The van der Waals surface area contributed by atoms with Gasteiger partial charge in [-0.3, -0.25) is 13.9 Å². The number of fused-ring (bicyclic) bond motifs is 1. The summed E-state index contributed by atoms with van der Waals surface area (Å²) in [6, 6.07) is 10.7. The normalized spacial score (nSPS) is 13.4. The average Bonchev–Trinajstić information content (AvgIpc) is 3.25. The minimum atomic E-state index is -3.85. The van der Waals surface area contributed by atoms with Crippen LogP contribution in [0.25, 0.3) is 0 Å². The van der Waals surface area contributed by atoms with Gasteiger partial charge >= 0.3 is 0 Å². The number of ether oxygens (including phenoxy) is 2. The van der Waals surface area contributed by atoms with Crippen molar-refractivity contribution in [1.82, 2.24) is 10.2 Å². The minimum absolute atomic E-state index is 0.0331. The molecule has 1 atom stereocenters. The van der Waals surface area contributed by atoms with E-state index < -0.39 is 28.5 Å². The Bertz CT molecular complexity index is 1190. The summed E-state index contributed by atoms with van der Waals surface area (Å²) in [5.41, 5.74) is 0.898. The Morgan fingerprint density at radius 2 is 1.80 bits per heavy atom. The summed E-state index contributed by atoms with van der Waals surface area (Å²) >= 11 is 6.34. The Morgan fingerprint density at radius 1 is 1.11 bits per heavy atom. The zero-order valence-corrected chi connectivity index (χ0v) is 21.7. The van der Waals surface area contributed by atoms with E-state index in [4.69, 9.17) is 21.1 Å². The number of hydrogen-bond acceptors (Lipinski definition) is 6. The highest BCUT2D eigenvalue weighted by Crippen LogP contribution is 2.36. The molecule has 1 aliphatic rings. The number of carbonyl (C=O) groups excluding carboxylic acids is 2. The molecule has 11 heteroatoms. The first-order chi connectivity index (χ1) is 16.5. The third-order valence-electron chi connectivity index (χ3n) is 5.44. The SMILES string of the molecule is CCC(C(=O)NC(C)C)N(Cc1ccccc1Cl)C(=O)CN(c1ccc2c(c1)OCO2)S(C)(=O)=O. The molecule has 9 nitrogen and oxygen atoms in total. The monoisotopic (exact) mass is 523 g/mol. The molecule has 0 spiro atoms. The van der Waals surface area contributed by atoms with Gasteiger partial charge in [-0.05, 0) is 44.0 Å². The van der Waals surface area contributed by atoms with Crippen LogP contribution >= 0.6 is 11.6 Å². The molecule has 3 rings (SSSR count). The number of sulfonamides is 1. The predicted molar refractivity (Wildman–Crippen MR) is 134 cm³/mol. The molecule has 0 fully saturated rings. The van der Waals surface area contributed by atoms with Crippen LogP contribution in [0.5, 0.6) is 11.5 Å². The Hall–Kier alpha value is -2.98. The summed E-state index contributed by atoms with van der Waals surface area (Å²) < 4.78 is 37.1. The molecular weight excluding hydrogens is 494 g/mol. The molecule has 2 amide bonds. The van der Waals surface area contributed by atoms with Gasteiger partial charge in [0, 0.05) is 23.7 Å². The molecular formula is C24H30ClN3O6S. The van der Waals surface area contributed by atoms with Crippen molar-refractivity contribution >= 4 is 39.1 Å². The van der Waals surface area contributed by atoms with Crippen molar-refractivity contribution in [2.45, 2.75) is 45.8 Å². The maximum atomic E-state index is 13.7. The molecule has 0 radical (unpaired) electrons. The lowest BCUT2D eigenvalue weighted by Crippen LogP contribution is -2.53. The lowest BCUT2D eigenvalue weighted by molar-refractivity contribution is -0.140. The average molecular weight is 524 g/mol. The number of nitrogens with zero attached hydrogens (tertiary/aromatic N) is 2. The maximum absolute atomic E-state index is 13.7. The molecule has 1 heterocycles. The lowest BCUT2D eigenvalue weighted by atomic mass is 10.1. The topological polar surface area (TPSA) is 105 Å². The number of benzene rings is 2. The highest BCUT2D eigenvalue weighted by atomic mass is 35.5. The fourth-order valence-corrected chi connectivity index (χ4v) is 4.80. The van der Waals surface area contributed by atoms with E-state index in [0.29, 0.717) is 28.5 Å². The second-order valence-electron chi connectivity index (χ2n) is 8.51. The summed E-state index contributed by atoms with van der Waals surface area (Å²) in [6.45, 7) is 5.02. The molecule has 0 saturated carbocycles. The third kappa shape index (κ3) is 6.58. The highest BCUT2D eigenvalue weighted by Gasteiger charge is 2.32. The number of nitrogens with one attached hydrogen (secondary N) is 1. The summed E-state index contributed by atoms with van der Waals surface area (Å²) in [4.78, 5) is 28.0. The van der Waals surface area contributed by atoms with Crippen LogP contribution in [0, 0.1) is 0 Å². The lowest BCUT2D eigenvalue weighted by Gasteiger charge is -2.33. The molecule has 0 aliphatic carbocycles. The van der Waals surface area contributed by atoms with Gasteiger partial charge < -0.3 is 19.7 Å². The summed E-state index contributed by atoms with van der Waals surface area (Å²) in [5.74, 6) is 0.0141. The fourth-order valence-electron chi connectivity index (χ4n) is 3.76. The minimum Gasteiger partial charge on any atom is -0.454 e. The Balaban J connectivity index is 1.96. The molecule has 35 heavy (non-hydrogen) atoms. The van der Waals surface area contributed by atoms with E-state index in [1.807, 2.05) is 13.8 Å². The number of hydrogen-bond donors (Lipinski definition) is 1. The molecule has 0 aromatic heterocycles. The standard InChI is InChI=1S/C24H30ClN3O6S/c1-5-20(24(30)26-16(2)3)27(13-17-8-6-7-9-19(17)25)23(29)14-28(35(4,31)32)18-10-11-21-22(12-18)34-15-33-21/h6-12,16,20H,5,13-15H2,1-4H3,(H,26,30). The van der Waals surface area contributed by atoms with Crippen molar-refractivity contribution in [1.29, 1.82) is 0 Å². The zero-order chi connectivity index (χ0) is 25.8. The Labute approximate surface area is 211 Å². The van der Waals surface area contributed by atoms with Crippen LogP contribution in [-0.2, 0) is 26.2 Å². The van der Waals surface area contributed by atoms with Gasteiger partial charge in [-0.15, -0.1) is 0 Å². The molecule has 2 aromatic carbocycles. The van der Waals surface area contributed by atoms with Crippen molar-refractivity contribution in [3.8, 4) is 11.5 Å². The molecule has 190 valence electrons. The first-order valence-electron chi connectivity index (χ1n) is 11.2. The molecule has 1 aliphatic heterocycles. The van der Waals surface area contributed by atoms with E-state index in [9.17, 15) is 18.0 Å². The van der Waals surface area contributed by atoms with Gasteiger partial charge in [0.05, 0.1) is 11.9 Å². The molecule has 0 bridgehead atoms. The van der Waals surface area contributed by atoms with Crippen molar-refractivity contribution < 1.29 is 27.5 Å². The second-order valence-corrected chi connectivity index (χ2v) is 10.8. The van der Waals surface area contributed by atoms with Crippen LogP contribution in [0.2, 0.25) is 5.02 Å².